The van der Waals surface area contributed by atoms with Crippen molar-refractivity contribution in [3.63, 3.8) is 0 Å². The number of halogens is 1. The van der Waals surface area contributed by atoms with Gasteiger partial charge in [-0.2, -0.15) is 0 Å². The van der Waals surface area contributed by atoms with E-state index in [1.807, 2.05) is 25.3 Å². The molecule has 0 saturated carbocycles. The topological polar surface area (TPSA) is 47.5 Å². The fraction of sp³-hybridized carbons (Fsp3) is 0.524. The molecular weight excluding hydrogens is 362 g/mol. The van der Waals surface area contributed by atoms with Crippen molar-refractivity contribution in [2.75, 3.05) is 27.3 Å². The van der Waals surface area contributed by atoms with Gasteiger partial charge in [0.25, 0.3) is 0 Å². The Hall–Kier alpha value is -1.85. The van der Waals surface area contributed by atoms with Crippen molar-refractivity contribution in [1.29, 1.82) is 0 Å². The molecule has 6 heteroatoms. The number of rotatable bonds is 4. The highest BCUT2D eigenvalue weighted by molar-refractivity contribution is 6.33. The van der Waals surface area contributed by atoms with Crippen molar-refractivity contribution < 1.29 is 9.47 Å². The van der Waals surface area contributed by atoms with Crippen LogP contribution in [0.1, 0.15) is 41.9 Å². The number of benzene rings is 1. The van der Waals surface area contributed by atoms with Crippen molar-refractivity contribution in [2.45, 2.75) is 44.6 Å². The smallest absolute Gasteiger partial charge is 0.179 e. The van der Waals surface area contributed by atoms with E-state index in [2.05, 4.69) is 9.88 Å². The number of methoxy groups -OCH3 is 2. The summed E-state index contributed by atoms with van der Waals surface area (Å²) in [6, 6.07) is 3.97. The first-order valence-electron chi connectivity index (χ1n) is 9.51. The molecule has 1 fully saturated rings. The number of piperidine rings is 1. The molecule has 1 saturated heterocycles. The Labute approximate surface area is 165 Å². The summed E-state index contributed by atoms with van der Waals surface area (Å²) in [5.41, 5.74) is 3.83. The molecule has 0 N–H and O–H groups in total. The number of ether oxygens (including phenoxy) is 2. The van der Waals surface area contributed by atoms with Crippen molar-refractivity contribution >= 4 is 11.6 Å². The molecule has 144 valence electrons. The van der Waals surface area contributed by atoms with Gasteiger partial charge in [-0.05, 0) is 56.3 Å². The lowest BCUT2D eigenvalue weighted by Crippen LogP contribution is -2.45. The van der Waals surface area contributed by atoms with Gasteiger partial charge in [0.1, 0.15) is 5.82 Å². The molecule has 2 heterocycles. The zero-order valence-corrected chi connectivity index (χ0v) is 17.0. The molecule has 2 aromatic rings. The molecule has 1 atom stereocenters. The van der Waals surface area contributed by atoms with Crippen LogP contribution in [0.3, 0.4) is 0 Å². The van der Waals surface area contributed by atoms with E-state index in [4.69, 9.17) is 26.1 Å². The van der Waals surface area contributed by atoms with Crippen molar-refractivity contribution in [2.24, 2.45) is 0 Å². The minimum absolute atomic E-state index is 0.157. The maximum Gasteiger partial charge on any atom is 0.179 e. The summed E-state index contributed by atoms with van der Waals surface area (Å²) in [5.74, 6) is 2.14. The molecule has 1 unspecified atom stereocenters. The third kappa shape index (κ3) is 3.27. The summed E-state index contributed by atoms with van der Waals surface area (Å²) in [6.07, 6.45) is 6.65. The van der Waals surface area contributed by atoms with Crippen LogP contribution in [-0.4, -0.2) is 42.2 Å². The highest BCUT2D eigenvalue weighted by Crippen LogP contribution is 2.45. The zero-order valence-electron chi connectivity index (χ0n) is 16.2. The second kappa shape index (κ2) is 7.28. The maximum atomic E-state index is 6.61. The Bertz CT molecular complexity index is 854. The summed E-state index contributed by atoms with van der Waals surface area (Å²) in [4.78, 5) is 11.7. The maximum absolute atomic E-state index is 6.61. The summed E-state index contributed by atoms with van der Waals surface area (Å²) in [5, 5.41) is 0.640. The molecule has 4 rings (SSSR count). The first-order valence-corrected chi connectivity index (χ1v) is 9.89. The summed E-state index contributed by atoms with van der Waals surface area (Å²) in [7, 11) is 3.25. The van der Waals surface area contributed by atoms with Gasteiger partial charge in [-0.15, -0.1) is 0 Å². The van der Waals surface area contributed by atoms with Crippen LogP contribution >= 0.6 is 11.6 Å². The second-order valence-electron chi connectivity index (χ2n) is 7.66. The lowest BCUT2D eigenvalue weighted by Gasteiger charge is -2.40. The van der Waals surface area contributed by atoms with Gasteiger partial charge >= 0.3 is 0 Å². The standard InChI is InChI=1S/C21H26ClN3O2/c1-14-23-11-15-7-9-21(20(15)24-14)8-4-10-25(13-21)12-16-5-6-17(26-2)19(27-3)18(16)22/h5-6,11H,4,7-10,12-13H2,1-3H3. The van der Waals surface area contributed by atoms with E-state index in [-0.39, 0.29) is 5.41 Å². The average Bonchev–Trinajstić information content (AvgIpc) is 3.00. The molecule has 5 nitrogen and oxygen atoms in total. The van der Waals surface area contributed by atoms with Gasteiger partial charge in [0.2, 0.25) is 0 Å². The Morgan fingerprint density at radius 2 is 2.07 bits per heavy atom. The van der Waals surface area contributed by atoms with Crippen LogP contribution in [0.4, 0.5) is 0 Å². The molecule has 2 aliphatic rings. The molecule has 1 spiro atoms. The van der Waals surface area contributed by atoms with Gasteiger partial charge in [0.05, 0.1) is 24.9 Å². The minimum Gasteiger partial charge on any atom is -0.493 e. The quantitative estimate of drug-likeness (QED) is 0.795. The van der Waals surface area contributed by atoms with Crippen LogP contribution < -0.4 is 9.47 Å². The molecule has 1 aromatic carbocycles. The molecule has 1 aliphatic heterocycles. The van der Waals surface area contributed by atoms with Crippen LogP contribution in [0.25, 0.3) is 0 Å². The van der Waals surface area contributed by atoms with Gasteiger partial charge in [0, 0.05) is 24.7 Å². The van der Waals surface area contributed by atoms with Crippen LogP contribution in [0.2, 0.25) is 5.02 Å². The van der Waals surface area contributed by atoms with Crippen molar-refractivity contribution in [3.8, 4) is 11.5 Å². The number of hydrogen-bond acceptors (Lipinski definition) is 5. The first-order chi connectivity index (χ1) is 13.1. The monoisotopic (exact) mass is 387 g/mol. The number of nitrogens with zero attached hydrogens (tertiary/aromatic N) is 3. The Morgan fingerprint density at radius 3 is 2.85 bits per heavy atom. The van der Waals surface area contributed by atoms with Crippen LogP contribution in [-0.2, 0) is 18.4 Å². The summed E-state index contributed by atoms with van der Waals surface area (Å²) < 4.78 is 10.8. The predicted octanol–water partition coefficient (Wildman–Crippen LogP) is 3.94. The normalized spacial score (nSPS) is 22.1. The van der Waals surface area contributed by atoms with E-state index in [0.717, 1.165) is 43.9 Å². The number of aryl methyl sites for hydroxylation is 2. The third-order valence-corrected chi connectivity index (χ3v) is 6.39. The predicted molar refractivity (Wildman–Crippen MR) is 106 cm³/mol. The van der Waals surface area contributed by atoms with Gasteiger partial charge in [-0.25, -0.2) is 9.97 Å². The number of fused-ring (bicyclic) bond motifs is 2. The molecule has 1 aliphatic carbocycles. The van der Waals surface area contributed by atoms with Gasteiger partial charge < -0.3 is 9.47 Å². The number of hydrogen-bond donors (Lipinski definition) is 0. The van der Waals surface area contributed by atoms with E-state index in [1.54, 1.807) is 14.2 Å². The second-order valence-corrected chi connectivity index (χ2v) is 8.04. The minimum atomic E-state index is 0.157. The van der Waals surface area contributed by atoms with Gasteiger partial charge in [-0.3, -0.25) is 4.90 Å². The van der Waals surface area contributed by atoms with Crippen LogP contribution in [0.15, 0.2) is 18.3 Å². The fourth-order valence-corrected chi connectivity index (χ4v) is 4.98. The average molecular weight is 388 g/mol. The summed E-state index contributed by atoms with van der Waals surface area (Å²) >= 11 is 6.61. The van der Waals surface area contributed by atoms with E-state index in [9.17, 15) is 0 Å². The van der Waals surface area contributed by atoms with Crippen molar-refractivity contribution in [1.82, 2.24) is 14.9 Å². The van der Waals surface area contributed by atoms with Crippen LogP contribution in [0.5, 0.6) is 11.5 Å². The Balaban J connectivity index is 1.58. The Kier molecular flexibility index (Phi) is 4.99. The van der Waals surface area contributed by atoms with Gasteiger partial charge in [0.15, 0.2) is 11.5 Å². The van der Waals surface area contributed by atoms with Crippen LogP contribution in [0, 0.1) is 6.92 Å². The summed E-state index contributed by atoms with van der Waals surface area (Å²) in [6.45, 7) is 4.88. The van der Waals surface area contributed by atoms with E-state index >= 15 is 0 Å². The van der Waals surface area contributed by atoms with E-state index in [1.165, 1.54) is 24.1 Å². The molecule has 0 bridgehead atoms. The molecule has 0 radical (unpaired) electrons. The largest absolute Gasteiger partial charge is 0.493 e. The SMILES string of the molecule is COc1ccc(CN2CCCC3(CCc4cnc(C)nc43)C2)c(Cl)c1OC. The fourth-order valence-electron chi connectivity index (χ4n) is 4.68. The molecule has 27 heavy (non-hydrogen) atoms. The zero-order chi connectivity index (χ0) is 19.0. The van der Waals surface area contributed by atoms with E-state index < -0.39 is 0 Å². The van der Waals surface area contributed by atoms with E-state index in [0.29, 0.717) is 16.5 Å². The third-order valence-electron chi connectivity index (χ3n) is 5.98. The highest BCUT2D eigenvalue weighted by atomic mass is 35.5. The molecule has 1 aromatic heterocycles. The lowest BCUT2D eigenvalue weighted by molar-refractivity contribution is 0.136. The number of likely N-dealkylation sites (tertiary alicyclic amines) is 1. The van der Waals surface area contributed by atoms with Gasteiger partial charge in [-0.1, -0.05) is 17.7 Å². The molecular formula is C21H26ClN3O2. The van der Waals surface area contributed by atoms with Crippen molar-refractivity contribution in [3.05, 3.63) is 46.0 Å². The lowest BCUT2D eigenvalue weighted by atomic mass is 9.77. The first kappa shape index (κ1) is 18.5. The Morgan fingerprint density at radius 1 is 1.22 bits per heavy atom. The molecule has 0 amide bonds. The number of aromatic nitrogens is 2. The highest BCUT2D eigenvalue weighted by Gasteiger charge is 2.43.